The molecular formula is C37H41N5O7S. The first-order valence-corrected chi connectivity index (χ1v) is 17.6. The number of fused-ring (bicyclic) bond motifs is 1. The third kappa shape index (κ3) is 10.7. The molecule has 5 aromatic rings. The highest BCUT2D eigenvalue weighted by atomic mass is 32.2. The van der Waals surface area contributed by atoms with Crippen molar-refractivity contribution in [2.24, 2.45) is 5.16 Å². The molecule has 1 aromatic heterocycles. The maximum absolute atomic E-state index is 10.4. The second-order valence-corrected chi connectivity index (χ2v) is 12.7. The van der Waals surface area contributed by atoms with Gasteiger partial charge in [0.2, 0.25) is 0 Å². The maximum Gasteiger partial charge on any atom is 0.294 e. The molecule has 1 saturated heterocycles. The van der Waals surface area contributed by atoms with Crippen LogP contribution in [0.15, 0.2) is 113 Å². The normalized spacial score (nSPS) is 13.6. The summed E-state index contributed by atoms with van der Waals surface area (Å²) in [5.41, 5.74) is 4.52. The summed E-state index contributed by atoms with van der Waals surface area (Å²) < 4.78 is 46.4. The van der Waals surface area contributed by atoms with Crippen molar-refractivity contribution in [2.75, 3.05) is 51.9 Å². The van der Waals surface area contributed by atoms with E-state index < -0.39 is 10.1 Å². The van der Waals surface area contributed by atoms with Crippen LogP contribution in [0.4, 0.5) is 11.5 Å². The van der Waals surface area contributed by atoms with Crippen LogP contribution in [0.5, 0.6) is 11.5 Å². The summed E-state index contributed by atoms with van der Waals surface area (Å²) in [7, 11) is -2.36. The van der Waals surface area contributed by atoms with Crippen LogP contribution in [-0.2, 0) is 26.3 Å². The van der Waals surface area contributed by atoms with Crippen molar-refractivity contribution in [3.8, 4) is 11.5 Å². The zero-order chi connectivity index (χ0) is 35.2. The van der Waals surface area contributed by atoms with Gasteiger partial charge >= 0.3 is 0 Å². The Morgan fingerprint density at radius 2 is 1.64 bits per heavy atom. The summed E-state index contributed by atoms with van der Waals surface area (Å²) >= 11 is 0. The van der Waals surface area contributed by atoms with Crippen molar-refractivity contribution >= 4 is 38.2 Å². The lowest BCUT2D eigenvalue weighted by atomic mass is 10.1. The fourth-order valence-corrected chi connectivity index (χ4v) is 5.59. The second kappa shape index (κ2) is 18.1. The van der Waals surface area contributed by atoms with Crippen molar-refractivity contribution in [3.05, 3.63) is 115 Å². The maximum atomic E-state index is 10.4. The molecule has 0 radical (unpaired) electrons. The molecule has 4 aromatic carbocycles. The minimum absolute atomic E-state index is 0.0741. The van der Waals surface area contributed by atoms with Crippen LogP contribution in [-0.4, -0.2) is 80.1 Å². The quantitative estimate of drug-likeness (QED) is 0.0613. The summed E-state index contributed by atoms with van der Waals surface area (Å²) in [6.07, 6.45) is 2.46. The highest BCUT2D eigenvalue weighted by molar-refractivity contribution is 7.85. The lowest BCUT2D eigenvalue weighted by Crippen LogP contribution is -2.37. The number of nitrogens with zero attached hydrogens (tertiary/aromatic N) is 4. The number of anilines is 2. The van der Waals surface area contributed by atoms with E-state index in [0.29, 0.717) is 30.5 Å². The molecule has 1 aliphatic rings. The van der Waals surface area contributed by atoms with Gasteiger partial charge < -0.3 is 24.4 Å². The molecule has 0 saturated carbocycles. The van der Waals surface area contributed by atoms with Crippen molar-refractivity contribution < 1.29 is 32.0 Å². The van der Waals surface area contributed by atoms with E-state index >= 15 is 0 Å². The SMILES string of the molecule is COc1cc2ncnc(Nc3ccc(/C(C)=N\OCc4ccccc4)cc3)c2cc1OCCCN1CCOCC1.O=S(=O)(O)c1ccccc1. The molecule has 262 valence electrons. The number of ether oxygens (including phenoxy) is 3. The summed E-state index contributed by atoms with van der Waals surface area (Å²) in [6.45, 7) is 7.48. The van der Waals surface area contributed by atoms with E-state index in [1.165, 1.54) is 12.1 Å². The highest BCUT2D eigenvalue weighted by Crippen LogP contribution is 2.35. The standard InChI is InChI=1S/C31H35N5O4.C6H6O3S/c1-23(35-40-21-24-7-4-3-5-8-24)25-9-11-26(12-10-25)34-31-27-19-30(29(37-2)20-28(27)32-22-33-31)39-16-6-13-36-14-17-38-18-15-36;7-10(8,9)6-4-2-1-3-5-6/h3-5,7-12,19-20,22H,6,13-18,21H2,1-2H3,(H,32,33,34);1-5H,(H,7,8,9)/b35-23-;. The zero-order valence-electron chi connectivity index (χ0n) is 28.1. The van der Waals surface area contributed by atoms with Gasteiger partial charge in [-0.2, -0.15) is 8.42 Å². The van der Waals surface area contributed by atoms with Gasteiger partial charge in [0.25, 0.3) is 10.1 Å². The second-order valence-electron chi connectivity index (χ2n) is 11.3. The number of oxime groups is 1. The third-order valence-electron chi connectivity index (χ3n) is 7.78. The van der Waals surface area contributed by atoms with E-state index in [1.807, 2.05) is 73.7 Å². The minimum atomic E-state index is -4.00. The first kappa shape index (κ1) is 36.2. The van der Waals surface area contributed by atoms with Crippen LogP contribution in [0.1, 0.15) is 24.5 Å². The van der Waals surface area contributed by atoms with Crippen LogP contribution < -0.4 is 14.8 Å². The van der Waals surface area contributed by atoms with Gasteiger partial charge in [-0.05, 0) is 54.8 Å². The predicted octanol–water partition coefficient (Wildman–Crippen LogP) is 6.36. The molecule has 6 rings (SSSR count). The first-order chi connectivity index (χ1) is 24.3. The van der Waals surface area contributed by atoms with E-state index in [4.69, 9.17) is 23.6 Å². The summed E-state index contributed by atoms with van der Waals surface area (Å²) in [6, 6.07) is 29.2. The first-order valence-electron chi connectivity index (χ1n) is 16.2. The van der Waals surface area contributed by atoms with Crippen molar-refractivity contribution in [1.82, 2.24) is 14.9 Å². The van der Waals surface area contributed by atoms with Crippen molar-refractivity contribution in [3.63, 3.8) is 0 Å². The number of nitrogens with one attached hydrogen (secondary N) is 1. The molecular weight excluding hydrogens is 659 g/mol. The van der Waals surface area contributed by atoms with Gasteiger partial charge in [0, 0.05) is 36.8 Å². The Morgan fingerprint density at radius 1 is 0.940 bits per heavy atom. The van der Waals surface area contributed by atoms with Crippen molar-refractivity contribution in [1.29, 1.82) is 0 Å². The lowest BCUT2D eigenvalue weighted by Gasteiger charge is -2.26. The monoisotopic (exact) mass is 699 g/mol. The van der Waals surface area contributed by atoms with Crippen molar-refractivity contribution in [2.45, 2.75) is 24.8 Å². The van der Waals surface area contributed by atoms with E-state index in [9.17, 15) is 8.42 Å². The predicted molar refractivity (Wildman–Crippen MR) is 193 cm³/mol. The molecule has 2 N–H and O–H groups in total. The fraction of sp³-hybridized carbons (Fsp3) is 0.270. The van der Waals surface area contributed by atoms with E-state index in [-0.39, 0.29) is 4.90 Å². The molecule has 0 aliphatic carbocycles. The van der Waals surface area contributed by atoms with Gasteiger partial charge in [-0.15, -0.1) is 0 Å². The van der Waals surface area contributed by atoms with Gasteiger partial charge in [0.05, 0.1) is 43.1 Å². The number of methoxy groups -OCH3 is 1. The van der Waals surface area contributed by atoms with E-state index in [0.717, 1.165) is 72.7 Å². The van der Waals surface area contributed by atoms with Gasteiger partial charge in [-0.25, -0.2) is 9.97 Å². The van der Waals surface area contributed by atoms with E-state index in [1.54, 1.807) is 31.6 Å². The zero-order valence-corrected chi connectivity index (χ0v) is 28.9. The van der Waals surface area contributed by atoms with Gasteiger partial charge in [-0.3, -0.25) is 9.45 Å². The largest absolute Gasteiger partial charge is 0.493 e. The molecule has 1 aliphatic heterocycles. The minimum Gasteiger partial charge on any atom is -0.493 e. The van der Waals surface area contributed by atoms with Crippen LogP contribution >= 0.6 is 0 Å². The Labute approximate surface area is 292 Å². The molecule has 50 heavy (non-hydrogen) atoms. The number of aromatic nitrogens is 2. The van der Waals surface area contributed by atoms with Gasteiger partial charge in [-0.1, -0.05) is 65.8 Å². The Morgan fingerprint density at radius 3 is 2.30 bits per heavy atom. The summed E-state index contributed by atoms with van der Waals surface area (Å²) in [4.78, 5) is 16.8. The molecule has 0 bridgehead atoms. The Hall–Kier alpha value is -5.08. The molecule has 0 atom stereocenters. The molecule has 0 amide bonds. The summed E-state index contributed by atoms with van der Waals surface area (Å²) in [5.74, 6) is 2.01. The lowest BCUT2D eigenvalue weighted by molar-refractivity contribution is 0.0357. The molecule has 13 heteroatoms. The smallest absolute Gasteiger partial charge is 0.294 e. The third-order valence-corrected chi connectivity index (χ3v) is 8.65. The number of hydrogen-bond acceptors (Lipinski definition) is 11. The fourth-order valence-electron chi connectivity index (χ4n) is 5.09. The average molecular weight is 700 g/mol. The van der Waals surface area contributed by atoms with Gasteiger partial charge in [0.1, 0.15) is 18.8 Å². The number of rotatable bonds is 13. The van der Waals surface area contributed by atoms with Crippen LogP contribution in [0.25, 0.3) is 10.9 Å². The van der Waals surface area contributed by atoms with Gasteiger partial charge in [0.15, 0.2) is 11.5 Å². The number of benzene rings is 4. The molecule has 0 spiro atoms. The van der Waals surface area contributed by atoms with Crippen LogP contribution in [0.2, 0.25) is 0 Å². The Balaban J connectivity index is 0.000000418. The average Bonchev–Trinajstić information content (AvgIpc) is 3.14. The topological polar surface area (TPSA) is 145 Å². The molecule has 0 unspecified atom stereocenters. The highest BCUT2D eigenvalue weighted by Gasteiger charge is 2.14. The number of morpholine rings is 1. The number of hydrogen-bond donors (Lipinski definition) is 2. The molecule has 1 fully saturated rings. The summed E-state index contributed by atoms with van der Waals surface area (Å²) in [5, 5.41) is 8.53. The van der Waals surface area contributed by atoms with Crippen LogP contribution in [0, 0.1) is 0 Å². The van der Waals surface area contributed by atoms with E-state index in [2.05, 4.69) is 25.3 Å². The Bertz CT molecular complexity index is 1940. The molecule has 2 heterocycles. The van der Waals surface area contributed by atoms with Crippen LogP contribution in [0.3, 0.4) is 0 Å². The Kier molecular flexibility index (Phi) is 13.1. The molecule has 12 nitrogen and oxygen atoms in total.